The van der Waals surface area contributed by atoms with E-state index in [2.05, 4.69) is 5.32 Å². The zero-order valence-electron chi connectivity index (χ0n) is 19.2. The van der Waals surface area contributed by atoms with Gasteiger partial charge >= 0.3 is 11.7 Å². The summed E-state index contributed by atoms with van der Waals surface area (Å²) in [5, 5.41) is 12.2. The van der Waals surface area contributed by atoms with Crippen LogP contribution in [0.3, 0.4) is 0 Å². The maximum Gasteiger partial charge on any atom is 0.341 e. The van der Waals surface area contributed by atoms with Crippen LogP contribution in [-0.2, 0) is 4.79 Å². The minimum absolute atomic E-state index is 0.0804. The molecule has 9 heteroatoms. The average molecular weight is 470 g/mol. The number of nitrogens with one attached hydrogen (secondary N) is 1. The molecule has 1 aromatic heterocycles. The van der Waals surface area contributed by atoms with E-state index in [0.29, 0.717) is 5.52 Å². The Morgan fingerprint density at radius 2 is 1.91 bits per heavy atom. The number of halogens is 1. The van der Waals surface area contributed by atoms with Gasteiger partial charge in [-0.1, -0.05) is 25.3 Å². The largest absolute Gasteiger partial charge is 0.482 e. The Kier molecular flexibility index (Phi) is 6.72. The highest BCUT2D eigenvalue weighted by molar-refractivity contribution is 5.83. The molecule has 0 amide bonds. The van der Waals surface area contributed by atoms with Gasteiger partial charge in [-0.3, -0.25) is 9.36 Å². The van der Waals surface area contributed by atoms with Gasteiger partial charge < -0.3 is 15.2 Å². The first kappa shape index (κ1) is 23.5. The zero-order valence-corrected chi connectivity index (χ0v) is 19.2. The molecular weight excluding hydrogens is 441 g/mol. The normalized spacial score (nSPS) is 14.5. The number of carboxylic acid groups (broad SMARTS) is 1. The Morgan fingerprint density at radius 1 is 1.18 bits per heavy atom. The van der Waals surface area contributed by atoms with Crippen molar-refractivity contribution < 1.29 is 19.0 Å². The lowest BCUT2D eigenvalue weighted by Crippen LogP contribution is -2.39. The van der Waals surface area contributed by atoms with Gasteiger partial charge in [-0.2, -0.15) is 0 Å². The number of aromatic nitrogens is 2. The van der Waals surface area contributed by atoms with Gasteiger partial charge in [0.25, 0.3) is 5.56 Å². The number of hydrogen-bond acceptors (Lipinski definition) is 5. The number of anilines is 1. The van der Waals surface area contributed by atoms with Crippen LogP contribution in [0, 0.1) is 5.82 Å². The minimum atomic E-state index is -1.15. The summed E-state index contributed by atoms with van der Waals surface area (Å²) in [7, 11) is 0. The molecule has 1 heterocycles. The molecule has 180 valence electrons. The molecule has 0 radical (unpaired) electrons. The monoisotopic (exact) mass is 469 g/mol. The van der Waals surface area contributed by atoms with Crippen LogP contribution in [0.1, 0.15) is 52.0 Å². The third kappa shape index (κ3) is 4.69. The summed E-state index contributed by atoms with van der Waals surface area (Å²) in [4.78, 5) is 37.7. The maximum absolute atomic E-state index is 15.1. The van der Waals surface area contributed by atoms with Gasteiger partial charge in [0.2, 0.25) is 0 Å². The average Bonchev–Trinajstić information content (AvgIpc) is 2.80. The summed E-state index contributed by atoms with van der Waals surface area (Å²) in [6.07, 6.45) is 5.26. The molecule has 0 unspecified atom stereocenters. The number of fused-ring (bicyclic) bond motifs is 1. The molecule has 1 fully saturated rings. The number of carbonyl (C=O) groups is 1. The Hall–Kier alpha value is -3.62. The van der Waals surface area contributed by atoms with Crippen molar-refractivity contribution in [3.8, 4) is 11.4 Å². The van der Waals surface area contributed by atoms with Gasteiger partial charge in [0.1, 0.15) is 11.6 Å². The van der Waals surface area contributed by atoms with E-state index in [-0.39, 0.29) is 34.6 Å². The van der Waals surface area contributed by atoms with Crippen molar-refractivity contribution >= 4 is 22.6 Å². The van der Waals surface area contributed by atoms with E-state index >= 15 is 4.39 Å². The third-order valence-corrected chi connectivity index (χ3v) is 6.10. The maximum atomic E-state index is 15.1. The summed E-state index contributed by atoms with van der Waals surface area (Å²) < 4.78 is 22.7. The predicted molar refractivity (Wildman–Crippen MR) is 128 cm³/mol. The molecule has 34 heavy (non-hydrogen) atoms. The summed E-state index contributed by atoms with van der Waals surface area (Å²) in [6, 6.07) is 8.64. The van der Waals surface area contributed by atoms with E-state index in [1.807, 2.05) is 13.8 Å². The second kappa shape index (κ2) is 9.70. The molecule has 0 saturated heterocycles. The highest BCUT2D eigenvalue weighted by Gasteiger charge is 2.21. The molecule has 0 aliphatic heterocycles. The van der Waals surface area contributed by atoms with Crippen molar-refractivity contribution in [2.75, 3.05) is 11.9 Å². The summed E-state index contributed by atoms with van der Waals surface area (Å²) in [6.45, 7) is 3.08. The lowest BCUT2D eigenvalue weighted by molar-refractivity contribution is -0.139. The molecule has 2 N–H and O–H groups in total. The van der Waals surface area contributed by atoms with Crippen LogP contribution in [0.4, 0.5) is 10.1 Å². The first-order valence-corrected chi connectivity index (χ1v) is 11.5. The zero-order chi connectivity index (χ0) is 24.4. The third-order valence-electron chi connectivity index (χ3n) is 6.10. The van der Waals surface area contributed by atoms with Crippen LogP contribution in [0.2, 0.25) is 0 Å². The quantitative estimate of drug-likeness (QED) is 0.541. The standard InChI is InChI=1S/C25H28FN3O5/c1-15(2)28-22-13-21(27-16-7-4-3-5-8-16)20(26)12-19(22)24(32)29(25(28)33)17-9-6-10-18(11-17)34-14-23(30)31/h6,9-13,15-16,27H,3-5,7-8,14H2,1-2H3,(H,30,31). The molecule has 4 rings (SSSR count). The van der Waals surface area contributed by atoms with E-state index < -0.39 is 29.6 Å². The van der Waals surface area contributed by atoms with Crippen LogP contribution in [0.25, 0.3) is 16.6 Å². The summed E-state index contributed by atoms with van der Waals surface area (Å²) >= 11 is 0. The Bertz CT molecular complexity index is 1340. The van der Waals surface area contributed by atoms with Gasteiger partial charge in [0, 0.05) is 18.2 Å². The molecule has 0 bridgehead atoms. The number of ether oxygens (including phenoxy) is 1. The van der Waals surface area contributed by atoms with E-state index in [1.165, 1.54) is 29.2 Å². The van der Waals surface area contributed by atoms with Crippen molar-refractivity contribution in [1.82, 2.24) is 9.13 Å². The molecule has 1 aliphatic carbocycles. The molecular formula is C25H28FN3O5. The van der Waals surface area contributed by atoms with E-state index in [4.69, 9.17) is 9.84 Å². The van der Waals surface area contributed by atoms with Crippen molar-refractivity contribution in [1.29, 1.82) is 0 Å². The first-order chi connectivity index (χ1) is 16.3. The van der Waals surface area contributed by atoms with E-state index in [9.17, 15) is 14.4 Å². The van der Waals surface area contributed by atoms with Crippen LogP contribution in [0.5, 0.6) is 5.75 Å². The van der Waals surface area contributed by atoms with E-state index in [1.54, 1.807) is 18.2 Å². The fourth-order valence-corrected chi connectivity index (χ4v) is 4.51. The number of nitrogens with zero attached hydrogens (tertiary/aromatic N) is 2. The van der Waals surface area contributed by atoms with Crippen LogP contribution < -0.4 is 21.3 Å². The molecule has 3 aromatic rings. The number of rotatable bonds is 7. The van der Waals surface area contributed by atoms with Gasteiger partial charge in [-0.15, -0.1) is 0 Å². The molecule has 0 atom stereocenters. The van der Waals surface area contributed by atoms with Crippen molar-refractivity contribution in [3.63, 3.8) is 0 Å². The first-order valence-electron chi connectivity index (χ1n) is 11.5. The molecule has 1 saturated carbocycles. The number of carboxylic acids is 1. The molecule has 2 aromatic carbocycles. The SMILES string of the molecule is CC(C)n1c(=O)n(-c2cccc(OCC(=O)O)c2)c(=O)c2cc(F)c(NC3CCCCC3)cc21. The van der Waals surface area contributed by atoms with Crippen molar-refractivity contribution in [2.24, 2.45) is 0 Å². The van der Waals surface area contributed by atoms with Gasteiger partial charge in [0.15, 0.2) is 6.61 Å². The Morgan fingerprint density at radius 3 is 2.59 bits per heavy atom. The van der Waals surface area contributed by atoms with Gasteiger partial charge in [-0.05, 0) is 51.0 Å². The van der Waals surface area contributed by atoms with Crippen LogP contribution in [0.15, 0.2) is 46.0 Å². The molecule has 1 aliphatic rings. The lowest BCUT2D eigenvalue weighted by atomic mass is 9.95. The van der Waals surface area contributed by atoms with E-state index in [0.717, 1.165) is 30.3 Å². The second-order valence-electron chi connectivity index (χ2n) is 8.90. The highest BCUT2D eigenvalue weighted by Crippen LogP contribution is 2.27. The van der Waals surface area contributed by atoms with Gasteiger partial charge in [0.05, 0.1) is 22.3 Å². The smallest absolute Gasteiger partial charge is 0.341 e. The molecule has 0 spiro atoms. The highest BCUT2D eigenvalue weighted by atomic mass is 19.1. The van der Waals surface area contributed by atoms with Crippen LogP contribution in [-0.4, -0.2) is 32.9 Å². The number of aliphatic carboxylic acids is 1. The Labute approximate surface area is 195 Å². The van der Waals surface area contributed by atoms with Crippen molar-refractivity contribution in [2.45, 2.75) is 58.0 Å². The summed E-state index contributed by atoms with van der Waals surface area (Å²) in [5.41, 5.74) is -0.374. The van der Waals surface area contributed by atoms with Crippen molar-refractivity contribution in [3.05, 3.63) is 63.1 Å². The minimum Gasteiger partial charge on any atom is -0.482 e. The Balaban J connectivity index is 1.86. The topological polar surface area (TPSA) is 103 Å². The predicted octanol–water partition coefficient (Wildman–Crippen LogP) is 4.08. The molecule has 8 nitrogen and oxygen atoms in total. The lowest BCUT2D eigenvalue weighted by Gasteiger charge is -2.25. The number of hydrogen-bond donors (Lipinski definition) is 2. The van der Waals surface area contributed by atoms with Crippen LogP contribution >= 0.6 is 0 Å². The van der Waals surface area contributed by atoms with Gasteiger partial charge in [-0.25, -0.2) is 18.5 Å². The summed E-state index contributed by atoms with van der Waals surface area (Å²) in [5.74, 6) is -1.50. The number of benzene rings is 2. The second-order valence-corrected chi connectivity index (χ2v) is 8.90. The fourth-order valence-electron chi connectivity index (χ4n) is 4.51. The fraction of sp³-hybridized carbons (Fsp3) is 0.400.